The van der Waals surface area contributed by atoms with Crippen molar-refractivity contribution in [3.63, 3.8) is 0 Å². The fourth-order valence-electron chi connectivity index (χ4n) is 2.14. The van der Waals surface area contributed by atoms with Crippen LogP contribution < -0.4 is 0 Å². The lowest BCUT2D eigenvalue weighted by molar-refractivity contribution is -0.157. The Morgan fingerprint density at radius 2 is 1.75 bits per heavy atom. The van der Waals surface area contributed by atoms with Crippen LogP contribution in [0.2, 0.25) is 0 Å². The number of methoxy groups -OCH3 is 1. The van der Waals surface area contributed by atoms with Gasteiger partial charge in [-0.2, -0.15) is 0 Å². The van der Waals surface area contributed by atoms with E-state index in [4.69, 9.17) is 0 Å². The van der Waals surface area contributed by atoms with E-state index in [9.17, 15) is 9.59 Å². The number of likely N-dealkylation sites (tertiary alicyclic amines) is 1. The van der Waals surface area contributed by atoms with Crippen LogP contribution in [0.25, 0.3) is 0 Å². The number of hydrogen-bond acceptors (Lipinski definition) is 4. The Hall–Kier alpha value is -0.900. The third-order valence-electron chi connectivity index (χ3n) is 3.40. The summed E-state index contributed by atoms with van der Waals surface area (Å²) < 4.78 is 4.68. The summed E-state index contributed by atoms with van der Waals surface area (Å²) in [5, 5.41) is 0. The van der Waals surface area contributed by atoms with E-state index in [2.05, 4.69) is 9.64 Å². The van der Waals surface area contributed by atoms with Crippen molar-refractivity contribution in [1.82, 2.24) is 4.90 Å². The van der Waals surface area contributed by atoms with Gasteiger partial charge < -0.3 is 9.64 Å². The number of Topliss-reactive ketones (excluding diaryl/α,β-unsaturated/α-hetero) is 1. The molecule has 4 nitrogen and oxygen atoms in total. The number of rotatable bonds is 3. The summed E-state index contributed by atoms with van der Waals surface area (Å²) in [4.78, 5) is 25.9. The van der Waals surface area contributed by atoms with Gasteiger partial charge in [0.15, 0.2) is 5.78 Å². The van der Waals surface area contributed by atoms with E-state index in [1.54, 1.807) is 13.8 Å². The molecule has 92 valence electrons. The van der Waals surface area contributed by atoms with Crippen molar-refractivity contribution in [3.05, 3.63) is 0 Å². The van der Waals surface area contributed by atoms with Crippen LogP contribution in [0.15, 0.2) is 0 Å². The molecular formula is C12H21NO3. The van der Waals surface area contributed by atoms with Crippen molar-refractivity contribution in [2.24, 2.45) is 11.3 Å². The molecule has 4 heteroatoms. The molecule has 1 heterocycles. The first kappa shape index (κ1) is 13.2. The lowest BCUT2D eigenvalue weighted by Crippen LogP contribution is -2.42. The van der Waals surface area contributed by atoms with Gasteiger partial charge in [0.25, 0.3) is 0 Å². The molecule has 0 aromatic rings. The van der Waals surface area contributed by atoms with E-state index >= 15 is 0 Å². The molecule has 0 spiro atoms. The molecule has 1 aliphatic heterocycles. The first-order valence-corrected chi connectivity index (χ1v) is 5.71. The van der Waals surface area contributed by atoms with Gasteiger partial charge in [-0.3, -0.25) is 9.59 Å². The standard InChI is InChI=1S/C12H21NO3/c1-12(2,11(15)16-4)10(14)9-5-7-13(3)8-6-9/h9H,5-8H2,1-4H3. The van der Waals surface area contributed by atoms with Crippen LogP contribution in [-0.2, 0) is 14.3 Å². The van der Waals surface area contributed by atoms with Gasteiger partial charge in [-0.25, -0.2) is 0 Å². The zero-order valence-electron chi connectivity index (χ0n) is 10.6. The lowest BCUT2D eigenvalue weighted by Gasteiger charge is -2.32. The predicted molar refractivity (Wildman–Crippen MR) is 61.0 cm³/mol. The Labute approximate surface area is 96.9 Å². The molecular weight excluding hydrogens is 206 g/mol. The van der Waals surface area contributed by atoms with Gasteiger partial charge >= 0.3 is 5.97 Å². The van der Waals surface area contributed by atoms with Gasteiger partial charge in [0, 0.05) is 5.92 Å². The molecule has 1 saturated heterocycles. The van der Waals surface area contributed by atoms with Crippen molar-refractivity contribution >= 4 is 11.8 Å². The van der Waals surface area contributed by atoms with Crippen molar-refractivity contribution in [2.75, 3.05) is 27.2 Å². The monoisotopic (exact) mass is 227 g/mol. The van der Waals surface area contributed by atoms with E-state index in [0.29, 0.717) is 0 Å². The minimum Gasteiger partial charge on any atom is -0.468 e. The smallest absolute Gasteiger partial charge is 0.318 e. The summed E-state index contributed by atoms with van der Waals surface area (Å²) in [5.74, 6) is -0.408. The van der Waals surface area contributed by atoms with Gasteiger partial charge in [0.1, 0.15) is 5.41 Å². The third kappa shape index (κ3) is 2.61. The van der Waals surface area contributed by atoms with Crippen LogP contribution in [0, 0.1) is 11.3 Å². The summed E-state index contributed by atoms with van der Waals surface area (Å²) in [7, 11) is 3.37. The van der Waals surface area contributed by atoms with Crippen LogP contribution in [0.4, 0.5) is 0 Å². The van der Waals surface area contributed by atoms with E-state index in [-0.39, 0.29) is 11.7 Å². The van der Waals surface area contributed by atoms with Crippen molar-refractivity contribution < 1.29 is 14.3 Å². The fourth-order valence-corrected chi connectivity index (χ4v) is 2.14. The van der Waals surface area contributed by atoms with Crippen molar-refractivity contribution in [3.8, 4) is 0 Å². The molecule has 1 rings (SSSR count). The van der Waals surface area contributed by atoms with Crippen LogP contribution >= 0.6 is 0 Å². The minimum absolute atomic E-state index is 0.00491. The number of esters is 1. The maximum absolute atomic E-state index is 12.2. The molecule has 0 unspecified atom stereocenters. The first-order chi connectivity index (χ1) is 7.39. The second-order valence-electron chi connectivity index (χ2n) is 5.06. The van der Waals surface area contributed by atoms with Crippen LogP contribution in [0.5, 0.6) is 0 Å². The molecule has 0 aliphatic carbocycles. The number of nitrogens with zero attached hydrogens (tertiary/aromatic N) is 1. The number of ketones is 1. The molecule has 0 amide bonds. The lowest BCUT2D eigenvalue weighted by atomic mass is 9.77. The van der Waals surface area contributed by atoms with Gasteiger partial charge in [-0.05, 0) is 46.8 Å². The Morgan fingerprint density at radius 3 is 2.19 bits per heavy atom. The Bertz CT molecular complexity index is 278. The largest absolute Gasteiger partial charge is 0.468 e. The topological polar surface area (TPSA) is 46.6 Å². The van der Waals surface area contributed by atoms with Crippen LogP contribution in [0.1, 0.15) is 26.7 Å². The Morgan fingerprint density at radius 1 is 1.25 bits per heavy atom. The van der Waals surface area contributed by atoms with Crippen LogP contribution in [0.3, 0.4) is 0 Å². The number of piperidine rings is 1. The van der Waals surface area contributed by atoms with Crippen molar-refractivity contribution in [2.45, 2.75) is 26.7 Å². The summed E-state index contributed by atoms with van der Waals surface area (Å²) in [6.45, 7) is 5.15. The SMILES string of the molecule is COC(=O)C(C)(C)C(=O)C1CCN(C)CC1. The minimum atomic E-state index is -1.00. The average molecular weight is 227 g/mol. The van der Waals surface area contributed by atoms with E-state index in [1.807, 2.05) is 7.05 Å². The molecule has 0 radical (unpaired) electrons. The van der Waals surface area contributed by atoms with Gasteiger partial charge in [-0.1, -0.05) is 0 Å². The number of hydrogen-bond donors (Lipinski definition) is 0. The quantitative estimate of drug-likeness (QED) is 0.535. The third-order valence-corrected chi connectivity index (χ3v) is 3.40. The van der Waals surface area contributed by atoms with E-state index in [0.717, 1.165) is 25.9 Å². The first-order valence-electron chi connectivity index (χ1n) is 5.71. The molecule has 1 aliphatic rings. The average Bonchev–Trinajstić information content (AvgIpc) is 2.28. The zero-order valence-corrected chi connectivity index (χ0v) is 10.6. The summed E-state index contributed by atoms with van der Waals surface area (Å²) in [6, 6.07) is 0. The highest BCUT2D eigenvalue weighted by atomic mass is 16.5. The Kier molecular flexibility index (Phi) is 4.08. The number of carbonyl (C=O) groups is 2. The molecule has 1 fully saturated rings. The zero-order chi connectivity index (χ0) is 12.3. The highest BCUT2D eigenvalue weighted by Gasteiger charge is 2.41. The van der Waals surface area contributed by atoms with Gasteiger partial charge in [0.05, 0.1) is 7.11 Å². The van der Waals surface area contributed by atoms with E-state index < -0.39 is 11.4 Å². The molecule has 16 heavy (non-hydrogen) atoms. The molecule has 0 aromatic carbocycles. The maximum Gasteiger partial charge on any atom is 0.318 e. The number of carbonyl (C=O) groups excluding carboxylic acids is 2. The normalized spacial score (nSPS) is 19.5. The summed E-state index contributed by atoms with van der Waals surface area (Å²) >= 11 is 0. The fraction of sp³-hybridized carbons (Fsp3) is 0.833. The second kappa shape index (κ2) is 4.95. The molecule has 0 aromatic heterocycles. The summed E-state index contributed by atoms with van der Waals surface area (Å²) in [6.07, 6.45) is 1.69. The summed E-state index contributed by atoms with van der Waals surface area (Å²) in [5.41, 5.74) is -1.00. The second-order valence-corrected chi connectivity index (χ2v) is 5.06. The highest BCUT2D eigenvalue weighted by molar-refractivity contribution is 6.04. The molecule has 0 atom stereocenters. The van der Waals surface area contributed by atoms with Gasteiger partial charge in [0.2, 0.25) is 0 Å². The van der Waals surface area contributed by atoms with Crippen LogP contribution in [-0.4, -0.2) is 43.9 Å². The van der Waals surface area contributed by atoms with Crippen molar-refractivity contribution in [1.29, 1.82) is 0 Å². The molecule has 0 bridgehead atoms. The number of ether oxygens (including phenoxy) is 1. The van der Waals surface area contributed by atoms with Gasteiger partial charge in [-0.15, -0.1) is 0 Å². The Balaban J connectivity index is 2.67. The van der Waals surface area contributed by atoms with E-state index in [1.165, 1.54) is 7.11 Å². The molecule has 0 N–H and O–H groups in total. The maximum atomic E-state index is 12.2. The molecule has 0 saturated carbocycles. The highest BCUT2D eigenvalue weighted by Crippen LogP contribution is 2.28. The predicted octanol–water partition coefficient (Wildman–Crippen LogP) is 1.10.